The minimum atomic E-state index is -0.484. The van der Waals surface area contributed by atoms with Gasteiger partial charge in [-0.15, -0.1) is 0 Å². The lowest BCUT2D eigenvalue weighted by molar-refractivity contribution is 0.00864. The zero-order valence-electron chi connectivity index (χ0n) is 12.2. The summed E-state index contributed by atoms with van der Waals surface area (Å²) in [5, 5.41) is 19.6. The van der Waals surface area contributed by atoms with E-state index in [9.17, 15) is 14.6 Å². The molecule has 2 aliphatic carbocycles. The molecule has 3 heteroatoms. The first-order valence-electron chi connectivity index (χ1n) is 7.59. The molecule has 0 spiro atoms. The van der Waals surface area contributed by atoms with Crippen LogP contribution in [-0.2, 0) is 0 Å². The van der Waals surface area contributed by atoms with E-state index in [1.807, 2.05) is 6.07 Å². The number of hydrogen-bond acceptors (Lipinski definition) is 2. The first-order valence-corrected chi connectivity index (χ1v) is 7.59. The topological polar surface area (TPSA) is 40.5 Å². The molecule has 1 aromatic rings. The van der Waals surface area contributed by atoms with Crippen molar-refractivity contribution in [3.8, 4) is 5.75 Å². The molecular formula is C17H23FO2. The Bertz CT molecular complexity index is 528. The Morgan fingerprint density at radius 1 is 1.25 bits per heavy atom. The van der Waals surface area contributed by atoms with E-state index in [1.165, 1.54) is 6.07 Å². The molecular weight excluding hydrogens is 255 g/mol. The van der Waals surface area contributed by atoms with Gasteiger partial charge >= 0.3 is 0 Å². The van der Waals surface area contributed by atoms with E-state index in [0.717, 1.165) is 37.7 Å². The molecule has 0 unspecified atom stereocenters. The van der Waals surface area contributed by atoms with Crippen molar-refractivity contribution in [3.05, 3.63) is 29.1 Å². The molecule has 0 aliphatic heterocycles. The molecule has 2 aliphatic rings. The van der Waals surface area contributed by atoms with Gasteiger partial charge in [-0.2, -0.15) is 0 Å². The monoisotopic (exact) mass is 278 g/mol. The zero-order chi connectivity index (χ0) is 14.5. The predicted molar refractivity (Wildman–Crippen MR) is 76.2 cm³/mol. The molecule has 0 amide bonds. The molecule has 0 aromatic heterocycles. The van der Waals surface area contributed by atoms with Gasteiger partial charge in [0.05, 0.1) is 6.10 Å². The average molecular weight is 278 g/mol. The van der Waals surface area contributed by atoms with E-state index >= 15 is 0 Å². The van der Waals surface area contributed by atoms with Gasteiger partial charge < -0.3 is 10.2 Å². The summed E-state index contributed by atoms with van der Waals surface area (Å²) in [4.78, 5) is 0. The Balaban J connectivity index is 1.86. The summed E-state index contributed by atoms with van der Waals surface area (Å²) in [7, 11) is 0. The van der Waals surface area contributed by atoms with E-state index in [1.54, 1.807) is 6.92 Å². The third kappa shape index (κ3) is 1.95. The summed E-state index contributed by atoms with van der Waals surface area (Å²) in [5.74, 6) is 0.145. The molecule has 0 radical (unpaired) electrons. The zero-order valence-corrected chi connectivity index (χ0v) is 12.2. The lowest BCUT2D eigenvalue weighted by Gasteiger charge is -2.42. The quantitative estimate of drug-likeness (QED) is 0.818. The van der Waals surface area contributed by atoms with Crippen LogP contribution in [0.25, 0.3) is 0 Å². The van der Waals surface area contributed by atoms with Gasteiger partial charge in [-0.1, -0.05) is 13.0 Å². The third-order valence-corrected chi connectivity index (χ3v) is 5.93. The SMILES string of the molecule is Cc1c([C@H]2CC[C@@]3(C)[C@H](CC[C@@H]3O)C2)ccc(O)c1F. The third-order valence-electron chi connectivity index (χ3n) is 5.93. The Kier molecular flexibility index (Phi) is 3.28. The number of hydrogen-bond donors (Lipinski definition) is 2. The maximum atomic E-state index is 13.9. The van der Waals surface area contributed by atoms with Crippen LogP contribution >= 0.6 is 0 Å². The number of fused-ring (bicyclic) bond motifs is 1. The molecule has 4 atom stereocenters. The first kappa shape index (κ1) is 13.9. The van der Waals surface area contributed by atoms with Crippen LogP contribution in [0.2, 0.25) is 0 Å². The summed E-state index contributed by atoms with van der Waals surface area (Å²) in [6.07, 6.45) is 4.83. The van der Waals surface area contributed by atoms with Crippen molar-refractivity contribution < 1.29 is 14.6 Å². The molecule has 20 heavy (non-hydrogen) atoms. The summed E-state index contributed by atoms with van der Waals surface area (Å²) >= 11 is 0. The lowest BCUT2D eigenvalue weighted by Crippen LogP contribution is -2.37. The number of aliphatic hydroxyl groups is 1. The Morgan fingerprint density at radius 2 is 2.00 bits per heavy atom. The highest BCUT2D eigenvalue weighted by Gasteiger charge is 2.49. The van der Waals surface area contributed by atoms with Crippen LogP contribution in [-0.4, -0.2) is 16.3 Å². The summed E-state index contributed by atoms with van der Waals surface area (Å²) in [6.45, 7) is 3.96. The number of phenolic OH excluding ortho intramolecular Hbond substituents is 1. The summed E-state index contributed by atoms with van der Waals surface area (Å²) in [6, 6.07) is 3.33. The fourth-order valence-corrected chi connectivity index (χ4v) is 4.41. The molecule has 0 heterocycles. The van der Waals surface area contributed by atoms with Crippen LogP contribution in [0.5, 0.6) is 5.75 Å². The van der Waals surface area contributed by atoms with Crippen LogP contribution in [0.15, 0.2) is 12.1 Å². The minimum absolute atomic E-state index is 0.0554. The molecule has 2 nitrogen and oxygen atoms in total. The highest BCUT2D eigenvalue weighted by atomic mass is 19.1. The molecule has 2 saturated carbocycles. The normalized spacial score (nSPS) is 36.9. The van der Waals surface area contributed by atoms with Crippen LogP contribution in [0.4, 0.5) is 4.39 Å². The molecule has 110 valence electrons. The van der Waals surface area contributed by atoms with E-state index in [2.05, 4.69) is 6.92 Å². The number of aliphatic hydroxyl groups excluding tert-OH is 1. The number of aromatic hydroxyl groups is 1. The summed E-state index contributed by atoms with van der Waals surface area (Å²) < 4.78 is 13.9. The van der Waals surface area contributed by atoms with Crippen molar-refractivity contribution in [3.63, 3.8) is 0 Å². The fourth-order valence-electron chi connectivity index (χ4n) is 4.41. The Morgan fingerprint density at radius 3 is 2.75 bits per heavy atom. The van der Waals surface area contributed by atoms with Gasteiger partial charge in [0.15, 0.2) is 11.6 Å². The van der Waals surface area contributed by atoms with Crippen LogP contribution in [0, 0.1) is 24.1 Å². The maximum Gasteiger partial charge on any atom is 0.167 e. The molecule has 2 fully saturated rings. The number of benzene rings is 1. The van der Waals surface area contributed by atoms with Crippen LogP contribution < -0.4 is 0 Å². The Labute approximate surface area is 119 Å². The number of phenols is 1. The van der Waals surface area contributed by atoms with Crippen molar-refractivity contribution >= 4 is 0 Å². The standard InChI is InChI=1S/C17H23FO2/c1-10-13(4-5-14(19)16(10)18)11-7-8-17(2)12(9-11)3-6-15(17)20/h4-5,11-12,15,19-20H,3,6-9H2,1-2H3/t11-,12+,15-,17-/m0/s1. The fraction of sp³-hybridized carbons (Fsp3) is 0.647. The van der Waals surface area contributed by atoms with E-state index in [0.29, 0.717) is 17.4 Å². The second-order valence-electron chi connectivity index (χ2n) is 6.88. The van der Waals surface area contributed by atoms with Gasteiger partial charge in [-0.05, 0) is 73.5 Å². The Hall–Kier alpha value is -1.09. The van der Waals surface area contributed by atoms with Crippen molar-refractivity contribution in [2.75, 3.05) is 0 Å². The van der Waals surface area contributed by atoms with Gasteiger partial charge in [0.2, 0.25) is 0 Å². The maximum absolute atomic E-state index is 13.9. The molecule has 0 bridgehead atoms. The van der Waals surface area contributed by atoms with E-state index in [-0.39, 0.29) is 17.3 Å². The van der Waals surface area contributed by atoms with Crippen molar-refractivity contribution in [2.24, 2.45) is 11.3 Å². The van der Waals surface area contributed by atoms with E-state index in [4.69, 9.17) is 0 Å². The van der Waals surface area contributed by atoms with Gasteiger partial charge in [-0.25, -0.2) is 4.39 Å². The average Bonchev–Trinajstić information content (AvgIpc) is 2.72. The summed E-state index contributed by atoms with van der Waals surface area (Å²) in [5.41, 5.74) is 1.67. The van der Waals surface area contributed by atoms with Crippen LogP contribution in [0.1, 0.15) is 56.1 Å². The van der Waals surface area contributed by atoms with Crippen molar-refractivity contribution in [2.45, 2.75) is 58.0 Å². The van der Waals surface area contributed by atoms with Crippen LogP contribution in [0.3, 0.4) is 0 Å². The second kappa shape index (κ2) is 4.73. The smallest absolute Gasteiger partial charge is 0.167 e. The molecule has 0 saturated heterocycles. The highest BCUT2D eigenvalue weighted by Crippen LogP contribution is 2.55. The van der Waals surface area contributed by atoms with Crippen molar-refractivity contribution in [1.29, 1.82) is 0 Å². The molecule has 3 rings (SSSR count). The van der Waals surface area contributed by atoms with Gasteiger partial charge in [-0.3, -0.25) is 0 Å². The number of halogens is 1. The number of rotatable bonds is 1. The molecule has 2 N–H and O–H groups in total. The van der Waals surface area contributed by atoms with Gasteiger partial charge in [0.1, 0.15) is 0 Å². The predicted octanol–water partition coefficient (Wildman–Crippen LogP) is 3.88. The second-order valence-corrected chi connectivity index (χ2v) is 6.88. The minimum Gasteiger partial charge on any atom is -0.505 e. The first-order chi connectivity index (χ1) is 9.43. The molecule has 1 aromatic carbocycles. The lowest BCUT2D eigenvalue weighted by atomic mass is 9.64. The van der Waals surface area contributed by atoms with Gasteiger partial charge in [0.25, 0.3) is 0 Å². The van der Waals surface area contributed by atoms with Gasteiger partial charge in [0, 0.05) is 0 Å². The largest absolute Gasteiger partial charge is 0.505 e. The highest BCUT2D eigenvalue weighted by molar-refractivity contribution is 5.38. The van der Waals surface area contributed by atoms with Crippen molar-refractivity contribution in [1.82, 2.24) is 0 Å². The van der Waals surface area contributed by atoms with E-state index < -0.39 is 5.82 Å².